The van der Waals surface area contributed by atoms with Gasteiger partial charge < -0.3 is 10.2 Å². The van der Waals surface area contributed by atoms with Crippen molar-refractivity contribution in [1.29, 1.82) is 0 Å². The molecule has 1 aliphatic heterocycles. The third-order valence-electron chi connectivity index (χ3n) is 4.74. The lowest BCUT2D eigenvalue weighted by Crippen LogP contribution is -2.36. The molecule has 0 unspecified atom stereocenters. The number of benzene rings is 2. The zero-order valence-corrected chi connectivity index (χ0v) is 15.4. The number of anilines is 2. The Morgan fingerprint density at radius 1 is 1.12 bits per heavy atom. The molecule has 25 heavy (non-hydrogen) atoms. The summed E-state index contributed by atoms with van der Waals surface area (Å²) in [6.45, 7) is 0.798. The molecule has 1 saturated carbocycles. The Bertz CT molecular complexity index is 845. The number of rotatable bonds is 3. The van der Waals surface area contributed by atoms with E-state index in [2.05, 4.69) is 21.2 Å². The Labute approximate surface area is 155 Å². The summed E-state index contributed by atoms with van der Waals surface area (Å²) >= 11 is 3.38. The highest BCUT2D eigenvalue weighted by molar-refractivity contribution is 9.10. The molecule has 2 aromatic rings. The van der Waals surface area contributed by atoms with E-state index in [-0.39, 0.29) is 17.7 Å². The second-order valence-corrected chi connectivity index (χ2v) is 7.59. The fourth-order valence-corrected chi connectivity index (χ4v) is 3.69. The van der Waals surface area contributed by atoms with Crippen molar-refractivity contribution in [2.75, 3.05) is 16.8 Å². The van der Waals surface area contributed by atoms with E-state index in [1.807, 2.05) is 35.2 Å². The van der Waals surface area contributed by atoms with Crippen molar-refractivity contribution in [3.05, 3.63) is 58.1 Å². The van der Waals surface area contributed by atoms with E-state index in [4.69, 9.17) is 0 Å². The minimum absolute atomic E-state index is 0.136. The summed E-state index contributed by atoms with van der Waals surface area (Å²) in [7, 11) is 0. The van der Waals surface area contributed by atoms with Gasteiger partial charge in [-0.15, -0.1) is 0 Å². The van der Waals surface area contributed by atoms with Crippen LogP contribution in [0.5, 0.6) is 0 Å². The van der Waals surface area contributed by atoms with Crippen molar-refractivity contribution >= 4 is 39.1 Å². The summed E-state index contributed by atoms with van der Waals surface area (Å²) < 4.78 is 0.875. The number of hydrogen-bond donors (Lipinski definition) is 1. The lowest BCUT2D eigenvalue weighted by atomic mass is 10.00. The molecule has 4 nitrogen and oxygen atoms in total. The van der Waals surface area contributed by atoms with Gasteiger partial charge in [0.2, 0.25) is 5.91 Å². The number of nitrogens with zero attached hydrogens (tertiary/aromatic N) is 1. The van der Waals surface area contributed by atoms with Gasteiger partial charge in [-0.1, -0.05) is 22.0 Å². The van der Waals surface area contributed by atoms with Crippen LogP contribution in [-0.4, -0.2) is 18.4 Å². The van der Waals surface area contributed by atoms with Crippen molar-refractivity contribution in [2.24, 2.45) is 5.92 Å². The largest absolute Gasteiger partial charge is 0.322 e. The summed E-state index contributed by atoms with van der Waals surface area (Å²) in [5.74, 6) is 0.344. The number of aryl methyl sites for hydroxylation is 1. The summed E-state index contributed by atoms with van der Waals surface area (Å²) in [5, 5.41) is 2.95. The number of fused-ring (bicyclic) bond motifs is 1. The van der Waals surface area contributed by atoms with Gasteiger partial charge in [0.15, 0.2) is 0 Å². The number of halogens is 1. The number of amides is 2. The average molecular weight is 399 g/mol. The Morgan fingerprint density at radius 3 is 2.72 bits per heavy atom. The highest BCUT2D eigenvalue weighted by Gasteiger charge is 2.35. The zero-order valence-electron chi connectivity index (χ0n) is 13.8. The molecule has 0 spiro atoms. The fourth-order valence-electron chi connectivity index (χ4n) is 3.29. The van der Waals surface area contributed by atoms with Crippen LogP contribution in [0, 0.1) is 5.92 Å². The first kappa shape index (κ1) is 16.3. The van der Waals surface area contributed by atoms with Gasteiger partial charge in [-0.2, -0.15) is 0 Å². The number of hydrogen-bond acceptors (Lipinski definition) is 2. The SMILES string of the molecule is O=C(Nc1ccc2c(c1)CCCN2C(=O)C1CC1)c1cccc(Br)c1. The van der Waals surface area contributed by atoms with Crippen molar-refractivity contribution < 1.29 is 9.59 Å². The van der Waals surface area contributed by atoms with E-state index in [1.165, 1.54) is 0 Å². The average Bonchev–Trinajstić information content (AvgIpc) is 3.45. The molecule has 0 atom stereocenters. The van der Waals surface area contributed by atoms with E-state index in [1.54, 1.807) is 12.1 Å². The second kappa shape index (κ2) is 6.64. The normalized spacial score (nSPS) is 16.3. The van der Waals surface area contributed by atoms with Crippen molar-refractivity contribution in [3.63, 3.8) is 0 Å². The Kier molecular flexibility index (Phi) is 4.34. The van der Waals surface area contributed by atoms with E-state index in [0.29, 0.717) is 5.56 Å². The Hall–Kier alpha value is -2.14. The minimum Gasteiger partial charge on any atom is -0.322 e. The molecule has 5 heteroatoms. The van der Waals surface area contributed by atoms with Crippen LogP contribution < -0.4 is 10.2 Å². The van der Waals surface area contributed by atoms with Crippen molar-refractivity contribution in [3.8, 4) is 0 Å². The van der Waals surface area contributed by atoms with E-state index >= 15 is 0 Å². The summed E-state index contributed by atoms with van der Waals surface area (Å²) in [6, 6.07) is 13.2. The quantitative estimate of drug-likeness (QED) is 0.832. The molecule has 1 heterocycles. The minimum atomic E-state index is -0.136. The standard InChI is InChI=1S/C20H19BrN2O2/c21-16-5-1-3-15(11-16)19(24)22-17-8-9-18-14(12-17)4-2-10-23(18)20(25)13-6-7-13/h1,3,5,8-9,11-13H,2,4,6-7,10H2,(H,22,24). The lowest BCUT2D eigenvalue weighted by Gasteiger charge is -2.30. The third kappa shape index (κ3) is 3.47. The van der Waals surface area contributed by atoms with Crippen LogP contribution in [0.25, 0.3) is 0 Å². The second-order valence-electron chi connectivity index (χ2n) is 6.68. The predicted molar refractivity (Wildman–Crippen MR) is 102 cm³/mol. The highest BCUT2D eigenvalue weighted by Crippen LogP contribution is 2.36. The number of carbonyl (C=O) groups excluding carboxylic acids is 2. The molecular weight excluding hydrogens is 380 g/mol. The van der Waals surface area contributed by atoms with Crippen LogP contribution in [0.3, 0.4) is 0 Å². The lowest BCUT2D eigenvalue weighted by molar-refractivity contribution is -0.119. The van der Waals surface area contributed by atoms with E-state index in [0.717, 1.165) is 53.6 Å². The molecule has 2 amide bonds. The molecule has 1 N–H and O–H groups in total. The predicted octanol–water partition coefficient (Wildman–Crippen LogP) is 4.39. The van der Waals surface area contributed by atoms with Gasteiger partial charge >= 0.3 is 0 Å². The molecule has 2 aromatic carbocycles. The molecule has 0 bridgehead atoms. The number of carbonyl (C=O) groups is 2. The topological polar surface area (TPSA) is 49.4 Å². The maximum Gasteiger partial charge on any atom is 0.255 e. The van der Waals surface area contributed by atoms with Gasteiger partial charge in [-0.25, -0.2) is 0 Å². The Balaban J connectivity index is 1.54. The van der Waals surface area contributed by atoms with Gasteiger partial charge in [0.05, 0.1) is 0 Å². The molecular formula is C20H19BrN2O2. The van der Waals surface area contributed by atoms with E-state index in [9.17, 15) is 9.59 Å². The number of nitrogens with one attached hydrogen (secondary N) is 1. The first-order valence-electron chi connectivity index (χ1n) is 8.63. The highest BCUT2D eigenvalue weighted by atomic mass is 79.9. The molecule has 0 radical (unpaired) electrons. The van der Waals surface area contributed by atoms with E-state index < -0.39 is 0 Å². The summed E-state index contributed by atoms with van der Waals surface area (Å²) in [4.78, 5) is 26.8. The first-order valence-corrected chi connectivity index (χ1v) is 9.42. The van der Waals surface area contributed by atoms with Gasteiger partial charge in [0.1, 0.15) is 0 Å². The molecule has 0 aromatic heterocycles. The van der Waals surface area contributed by atoms with Gasteiger partial charge in [-0.3, -0.25) is 9.59 Å². The molecule has 2 aliphatic rings. The van der Waals surface area contributed by atoms with Crippen LogP contribution in [0.2, 0.25) is 0 Å². The van der Waals surface area contributed by atoms with Gasteiger partial charge in [-0.05, 0) is 67.6 Å². The molecule has 1 aliphatic carbocycles. The summed E-state index contributed by atoms with van der Waals surface area (Å²) in [5.41, 5.74) is 3.51. The van der Waals surface area contributed by atoms with Crippen LogP contribution in [0.4, 0.5) is 11.4 Å². The van der Waals surface area contributed by atoms with Crippen LogP contribution in [0.15, 0.2) is 46.9 Å². The zero-order chi connectivity index (χ0) is 17.4. The first-order chi connectivity index (χ1) is 12.1. The maximum absolute atomic E-state index is 12.5. The van der Waals surface area contributed by atoms with Crippen LogP contribution >= 0.6 is 15.9 Å². The molecule has 128 valence electrons. The molecule has 1 fully saturated rings. The third-order valence-corrected chi connectivity index (χ3v) is 5.23. The monoisotopic (exact) mass is 398 g/mol. The van der Waals surface area contributed by atoms with Crippen LogP contribution in [0.1, 0.15) is 35.2 Å². The maximum atomic E-state index is 12.5. The van der Waals surface area contributed by atoms with Crippen molar-refractivity contribution in [2.45, 2.75) is 25.7 Å². The fraction of sp³-hybridized carbons (Fsp3) is 0.300. The molecule has 0 saturated heterocycles. The smallest absolute Gasteiger partial charge is 0.255 e. The van der Waals surface area contributed by atoms with Crippen LogP contribution in [-0.2, 0) is 11.2 Å². The van der Waals surface area contributed by atoms with Crippen molar-refractivity contribution in [1.82, 2.24) is 0 Å². The Morgan fingerprint density at radius 2 is 1.96 bits per heavy atom. The summed E-state index contributed by atoms with van der Waals surface area (Å²) in [6.07, 6.45) is 3.94. The van der Waals surface area contributed by atoms with Gasteiger partial charge in [0, 0.05) is 33.9 Å². The van der Waals surface area contributed by atoms with Gasteiger partial charge in [0.25, 0.3) is 5.91 Å². The molecule has 4 rings (SSSR count).